The van der Waals surface area contributed by atoms with E-state index in [-0.39, 0.29) is 22.5 Å². The third kappa shape index (κ3) is 6.00. The molecule has 1 aromatic carbocycles. The number of halogens is 4. The van der Waals surface area contributed by atoms with Gasteiger partial charge in [-0.25, -0.2) is 23.1 Å². The van der Waals surface area contributed by atoms with Crippen LogP contribution < -0.4 is 5.32 Å². The Bertz CT molecular complexity index is 1220. The summed E-state index contributed by atoms with van der Waals surface area (Å²) in [7, 11) is 1.64. The van der Waals surface area contributed by atoms with Crippen LogP contribution in [-0.4, -0.2) is 65.7 Å². The lowest BCUT2D eigenvalue weighted by atomic mass is 9.80. The second-order valence-corrected chi connectivity index (χ2v) is 11.5. The fraction of sp³-hybridized carbons (Fsp3) is 0.621. The van der Waals surface area contributed by atoms with E-state index in [0.29, 0.717) is 50.4 Å². The van der Waals surface area contributed by atoms with Gasteiger partial charge in [0.25, 0.3) is 6.43 Å². The third-order valence-electron chi connectivity index (χ3n) is 8.88. The van der Waals surface area contributed by atoms with Crippen molar-refractivity contribution in [1.82, 2.24) is 14.9 Å². The number of likely N-dealkylation sites (tertiary alicyclic amines) is 1. The molecule has 7 nitrogen and oxygen atoms in total. The number of benzene rings is 1. The number of hydrogen-bond acceptors (Lipinski definition) is 7. The van der Waals surface area contributed by atoms with Crippen LogP contribution in [0.2, 0.25) is 5.28 Å². The summed E-state index contributed by atoms with van der Waals surface area (Å²) >= 11 is 6.20. The number of methoxy groups -OCH3 is 1. The second kappa shape index (κ2) is 12.3. The van der Waals surface area contributed by atoms with Crippen LogP contribution in [0, 0.1) is 11.7 Å². The number of carbonyl (C=O) groups is 1. The number of carbonyl (C=O) groups excluding carboxylic acids is 1. The number of hydrogen-bond donors (Lipinski definition) is 1. The first-order chi connectivity index (χ1) is 19.2. The van der Waals surface area contributed by atoms with Gasteiger partial charge in [0.2, 0.25) is 5.28 Å². The fourth-order valence-corrected chi connectivity index (χ4v) is 6.40. The van der Waals surface area contributed by atoms with E-state index in [1.165, 1.54) is 12.1 Å². The smallest absolute Gasteiger partial charge is 0.266 e. The molecule has 1 unspecified atom stereocenters. The number of nitrogens with zero attached hydrogens (tertiary/aromatic N) is 3. The average molecular weight is 581 g/mol. The first-order valence-corrected chi connectivity index (χ1v) is 14.4. The van der Waals surface area contributed by atoms with Gasteiger partial charge in [-0.1, -0.05) is 18.2 Å². The van der Waals surface area contributed by atoms with Crippen molar-refractivity contribution in [3.8, 4) is 0 Å². The van der Waals surface area contributed by atoms with Gasteiger partial charge >= 0.3 is 0 Å². The van der Waals surface area contributed by atoms with E-state index >= 15 is 0 Å². The van der Waals surface area contributed by atoms with E-state index in [4.69, 9.17) is 21.1 Å². The van der Waals surface area contributed by atoms with Crippen molar-refractivity contribution in [2.75, 3.05) is 38.7 Å². The Labute approximate surface area is 237 Å². The molecule has 2 atom stereocenters. The lowest BCUT2D eigenvalue weighted by molar-refractivity contribution is -0.152. The maximum absolute atomic E-state index is 14.8. The summed E-state index contributed by atoms with van der Waals surface area (Å²) in [5.41, 5.74) is 0.460. The van der Waals surface area contributed by atoms with E-state index < -0.39 is 29.4 Å². The molecule has 1 N–H and O–H groups in total. The molecule has 1 aromatic heterocycles. The van der Waals surface area contributed by atoms with Crippen molar-refractivity contribution in [2.45, 2.75) is 76.0 Å². The summed E-state index contributed by atoms with van der Waals surface area (Å²) in [5.74, 6) is -0.0703. The molecule has 0 amide bonds. The molecule has 3 aliphatic rings. The quantitative estimate of drug-likeness (QED) is 0.361. The minimum atomic E-state index is -2.90. The number of aromatic nitrogens is 2. The lowest BCUT2D eigenvalue weighted by Crippen LogP contribution is -2.57. The zero-order valence-corrected chi connectivity index (χ0v) is 23.7. The first-order valence-electron chi connectivity index (χ1n) is 14.0. The highest BCUT2D eigenvalue weighted by molar-refractivity contribution is 6.28. The molecule has 2 aliphatic heterocycles. The van der Waals surface area contributed by atoms with Gasteiger partial charge in [-0.2, -0.15) is 0 Å². The molecule has 0 spiro atoms. The summed E-state index contributed by atoms with van der Waals surface area (Å²) in [6.07, 6.45) is 1.81. The molecule has 1 aliphatic carbocycles. The predicted octanol–water partition coefficient (Wildman–Crippen LogP) is 5.71. The number of anilines is 1. The molecule has 2 saturated heterocycles. The first kappa shape index (κ1) is 29.2. The monoisotopic (exact) mass is 580 g/mol. The Morgan fingerprint density at radius 1 is 1.25 bits per heavy atom. The number of aryl methyl sites for hydroxylation is 1. The average Bonchev–Trinajstić information content (AvgIpc) is 2.91. The SMILES string of the molecule is COC1(C(=O)CCC2CCc3nc(Cl)nc(N[C@H](C)c4cccc(C(F)F)c4F)c3C2)CCN(C2COC2)CC1. The van der Waals surface area contributed by atoms with Crippen molar-refractivity contribution >= 4 is 23.2 Å². The molecular formula is C29H36ClF3N4O3. The Morgan fingerprint density at radius 3 is 2.62 bits per heavy atom. The van der Waals surface area contributed by atoms with E-state index in [1.807, 2.05) is 0 Å². The zero-order valence-electron chi connectivity index (χ0n) is 22.9. The Morgan fingerprint density at radius 2 is 1.98 bits per heavy atom. The molecule has 0 radical (unpaired) electrons. The number of fused-ring (bicyclic) bond motifs is 1. The molecule has 11 heteroatoms. The standard InChI is InChI=1S/C29H36ClF3N4O3/c1-17(20-4-3-5-21(25(20)31)26(32)33)34-27-22-14-18(6-8-23(22)35-28(30)36-27)7-9-24(38)29(39-2)10-12-37(13-11-29)19-15-40-16-19/h3-5,17-19,26H,6-16H2,1-2H3,(H,34,35,36)/t17-,18?/m1/s1. The van der Waals surface area contributed by atoms with Gasteiger partial charge in [0.05, 0.1) is 36.6 Å². The van der Waals surface area contributed by atoms with Gasteiger partial charge in [-0.3, -0.25) is 9.69 Å². The highest BCUT2D eigenvalue weighted by Gasteiger charge is 2.43. The van der Waals surface area contributed by atoms with Gasteiger partial charge in [0, 0.05) is 37.7 Å². The van der Waals surface area contributed by atoms with Crippen LogP contribution in [0.25, 0.3) is 0 Å². The molecule has 3 heterocycles. The molecule has 5 rings (SSSR count). The summed E-state index contributed by atoms with van der Waals surface area (Å²) in [6, 6.07) is 3.82. The second-order valence-electron chi connectivity index (χ2n) is 11.2. The lowest BCUT2D eigenvalue weighted by Gasteiger charge is -2.45. The summed E-state index contributed by atoms with van der Waals surface area (Å²) in [5, 5.41) is 3.26. The number of nitrogens with one attached hydrogen (secondary N) is 1. The Balaban J connectivity index is 1.24. The number of alkyl halides is 2. The molecule has 2 fully saturated rings. The highest BCUT2D eigenvalue weighted by atomic mass is 35.5. The van der Waals surface area contributed by atoms with Crippen molar-refractivity contribution in [3.05, 3.63) is 51.7 Å². The van der Waals surface area contributed by atoms with Crippen molar-refractivity contribution in [2.24, 2.45) is 5.92 Å². The van der Waals surface area contributed by atoms with Gasteiger partial charge < -0.3 is 14.8 Å². The minimum absolute atomic E-state index is 0.0747. The number of Topliss-reactive ketones (excluding diaryl/α,β-unsaturated/α-hetero) is 1. The van der Waals surface area contributed by atoms with Gasteiger partial charge in [-0.15, -0.1) is 0 Å². The van der Waals surface area contributed by atoms with Gasteiger partial charge in [0.15, 0.2) is 5.78 Å². The fourth-order valence-electron chi connectivity index (χ4n) is 6.22. The molecule has 0 saturated carbocycles. The van der Waals surface area contributed by atoms with Crippen LogP contribution in [0.4, 0.5) is 19.0 Å². The third-order valence-corrected chi connectivity index (χ3v) is 9.05. The normalized spacial score (nSPS) is 22.0. The zero-order chi connectivity index (χ0) is 28.4. The largest absolute Gasteiger partial charge is 0.378 e. The molecular weight excluding hydrogens is 545 g/mol. The number of piperidine rings is 1. The van der Waals surface area contributed by atoms with Crippen LogP contribution in [0.5, 0.6) is 0 Å². The van der Waals surface area contributed by atoms with Crippen LogP contribution in [-0.2, 0) is 27.1 Å². The van der Waals surface area contributed by atoms with Crippen LogP contribution in [0.15, 0.2) is 18.2 Å². The van der Waals surface area contributed by atoms with E-state index in [0.717, 1.165) is 50.0 Å². The van der Waals surface area contributed by atoms with Crippen LogP contribution in [0.1, 0.15) is 73.9 Å². The van der Waals surface area contributed by atoms with Crippen LogP contribution in [0.3, 0.4) is 0 Å². The van der Waals surface area contributed by atoms with Crippen molar-refractivity contribution in [3.63, 3.8) is 0 Å². The Hall–Kier alpha value is -2.27. The predicted molar refractivity (Wildman–Crippen MR) is 145 cm³/mol. The molecule has 2 aromatic rings. The van der Waals surface area contributed by atoms with Gasteiger partial charge in [-0.05, 0) is 63.0 Å². The summed E-state index contributed by atoms with van der Waals surface area (Å²) in [4.78, 5) is 24.6. The number of ether oxygens (including phenoxy) is 2. The number of ketones is 1. The molecule has 40 heavy (non-hydrogen) atoms. The molecule has 0 bridgehead atoms. The van der Waals surface area contributed by atoms with Crippen LogP contribution >= 0.6 is 11.6 Å². The van der Waals surface area contributed by atoms with E-state index in [1.54, 1.807) is 14.0 Å². The maximum Gasteiger partial charge on any atom is 0.266 e. The van der Waals surface area contributed by atoms with Gasteiger partial charge in [0.1, 0.15) is 17.2 Å². The number of rotatable bonds is 10. The topological polar surface area (TPSA) is 76.6 Å². The van der Waals surface area contributed by atoms with Crippen molar-refractivity contribution in [1.29, 1.82) is 0 Å². The van der Waals surface area contributed by atoms with E-state index in [9.17, 15) is 18.0 Å². The highest BCUT2D eigenvalue weighted by Crippen LogP contribution is 2.36. The minimum Gasteiger partial charge on any atom is -0.378 e. The summed E-state index contributed by atoms with van der Waals surface area (Å²) in [6.45, 7) is 4.88. The summed E-state index contributed by atoms with van der Waals surface area (Å²) < 4.78 is 52.4. The maximum atomic E-state index is 14.8. The van der Waals surface area contributed by atoms with Crippen molar-refractivity contribution < 1.29 is 27.4 Å². The molecule has 218 valence electrons. The Kier molecular flexibility index (Phi) is 8.99. The van der Waals surface area contributed by atoms with E-state index in [2.05, 4.69) is 20.2 Å².